The highest BCUT2D eigenvalue weighted by atomic mass is 35.5. The molecule has 0 fully saturated rings. The standard InChI is InChI=1S/C13H17ClO3/c1-10-9-11(14)6-7-12(10)17-8-4-3-5-13(15)16-2/h6-7,9H,3-5,8H2,1-2H3. The van der Waals surface area contributed by atoms with E-state index < -0.39 is 0 Å². The summed E-state index contributed by atoms with van der Waals surface area (Å²) in [7, 11) is 1.40. The van der Waals surface area contributed by atoms with Gasteiger partial charge in [-0.25, -0.2) is 0 Å². The summed E-state index contributed by atoms with van der Waals surface area (Å²) in [4.78, 5) is 10.9. The Morgan fingerprint density at radius 2 is 2.12 bits per heavy atom. The first-order chi connectivity index (χ1) is 8.13. The normalized spacial score (nSPS) is 10.1. The molecule has 0 saturated heterocycles. The van der Waals surface area contributed by atoms with E-state index in [0.717, 1.165) is 24.2 Å². The van der Waals surface area contributed by atoms with Gasteiger partial charge in [-0.1, -0.05) is 11.6 Å². The summed E-state index contributed by atoms with van der Waals surface area (Å²) in [6.45, 7) is 2.55. The highest BCUT2D eigenvalue weighted by molar-refractivity contribution is 6.30. The van der Waals surface area contributed by atoms with Crippen LogP contribution in [0.2, 0.25) is 5.02 Å². The van der Waals surface area contributed by atoms with Crippen molar-refractivity contribution in [2.45, 2.75) is 26.2 Å². The summed E-state index contributed by atoms with van der Waals surface area (Å²) in [6, 6.07) is 5.53. The highest BCUT2D eigenvalue weighted by Gasteiger charge is 2.02. The van der Waals surface area contributed by atoms with Gasteiger partial charge in [0.2, 0.25) is 0 Å². The second-order valence-corrected chi connectivity index (χ2v) is 4.23. The van der Waals surface area contributed by atoms with Gasteiger partial charge < -0.3 is 9.47 Å². The number of methoxy groups -OCH3 is 1. The maximum atomic E-state index is 10.9. The molecule has 0 aliphatic carbocycles. The van der Waals surface area contributed by atoms with Gasteiger partial charge in [0.1, 0.15) is 5.75 Å². The fourth-order valence-electron chi connectivity index (χ4n) is 1.43. The van der Waals surface area contributed by atoms with Crippen LogP contribution in [0.4, 0.5) is 0 Å². The Morgan fingerprint density at radius 1 is 1.35 bits per heavy atom. The van der Waals surface area contributed by atoms with E-state index in [0.29, 0.717) is 18.1 Å². The summed E-state index contributed by atoms with van der Waals surface area (Å²) in [5, 5.41) is 0.709. The first-order valence-corrected chi connectivity index (χ1v) is 5.97. The number of rotatable bonds is 6. The molecule has 1 rings (SSSR count). The largest absolute Gasteiger partial charge is 0.493 e. The first kappa shape index (κ1) is 13.8. The van der Waals surface area contributed by atoms with E-state index in [4.69, 9.17) is 16.3 Å². The molecule has 0 amide bonds. The minimum Gasteiger partial charge on any atom is -0.493 e. The smallest absolute Gasteiger partial charge is 0.305 e. The third-order valence-corrected chi connectivity index (χ3v) is 2.63. The van der Waals surface area contributed by atoms with E-state index in [2.05, 4.69) is 4.74 Å². The molecule has 0 N–H and O–H groups in total. The van der Waals surface area contributed by atoms with Gasteiger partial charge in [0.15, 0.2) is 0 Å². The quantitative estimate of drug-likeness (QED) is 0.578. The number of esters is 1. The molecule has 4 heteroatoms. The Morgan fingerprint density at radius 3 is 2.76 bits per heavy atom. The first-order valence-electron chi connectivity index (χ1n) is 5.59. The molecule has 1 aromatic carbocycles. The van der Waals surface area contributed by atoms with E-state index in [-0.39, 0.29) is 5.97 Å². The predicted octanol–water partition coefficient (Wildman–Crippen LogP) is 3.37. The van der Waals surface area contributed by atoms with Crippen LogP contribution in [0.15, 0.2) is 18.2 Å². The van der Waals surface area contributed by atoms with E-state index >= 15 is 0 Å². The van der Waals surface area contributed by atoms with Crippen molar-refractivity contribution in [3.63, 3.8) is 0 Å². The molecule has 0 unspecified atom stereocenters. The van der Waals surface area contributed by atoms with Crippen LogP contribution in [-0.2, 0) is 9.53 Å². The molecule has 17 heavy (non-hydrogen) atoms. The number of aryl methyl sites for hydroxylation is 1. The van der Waals surface area contributed by atoms with Crippen LogP contribution in [0.5, 0.6) is 5.75 Å². The highest BCUT2D eigenvalue weighted by Crippen LogP contribution is 2.21. The fourth-order valence-corrected chi connectivity index (χ4v) is 1.66. The number of ether oxygens (including phenoxy) is 2. The number of hydrogen-bond acceptors (Lipinski definition) is 3. The summed E-state index contributed by atoms with van der Waals surface area (Å²) in [5.74, 6) is 0.667. The second kappa shape index (κ2) is 7.17. The average Bonchev–Trinajstić information content (AvgIpc) is 2.30. The van der Waals surface area contributed by atoms with Gasteiger partial charge in [-0.15, -0.1) is 0 Å². The van der Waals surface area contributed by atoms with Crippen molar-refractivity contribution in [1.82, 2.24) is 0 Å². The third kappa shape index (κ3) is 5.09. The number of carbonyl (C=O) groups excluding carboxylic acids is 1. The van der Waals surface area contributed by atoms with Gasteiger partial charge in [0, 0.05) is 11.4 Å². The molecule has 3 nitrogen and oxygen atoms in total. The number of unbranched alkanes of at least 4 members (excludes halogenated alkanes) is 1. The SMILES string of the molecule is COC(=O)CCCCOc1ccc(Cl)cc1C. The molecule has 0 heterocycles. The Balaban J connectivity index is 2.24. The van der Waals surface area contributed by atoms with Gasteiger partial charge >= 0.3 is 5.97 Å². The van der Waals surface area contributed by atoms with Crippen molar-refractivity contribution in [2.75, 3.05) is 13.7 Å². The van der Waals surface area contributed by atoms with Crippen LogP contribution in [0.3, 0.4) is 0 Å². The van der Waals surface area contributed by atoms with Crippen molar-refractivity contribution >= 4 is 17.6 Å². The molecule has 0 aliphatic heterocycles. The molecule has 1 aromatic rings. The molecule has 0 saturated carbocycles. The monoisotopic (exact) mass is 256 g/mol. The number of hydrogen-bond donors (Lipinski definition) is 0. The van der Waals surface area contributed by atoms with E-state index in [1.54, 1.807) is 6.07 Å². The van der Waals surface area contributed by atoms with Crippen LogP contribution in [0.25, 0.3) is 0 Å². The van der Waals surface area contributed by atoms with Gasteiger partial charge in [-0.3, -0.25) is 4.79 Å². The molecule has 94 valence electrons. The van der Waals surface area contributed by atoms with Crippen molar-refractivity contribution in [1.29, 1.82) is 0 Å². The maximum absolute atomic E-state index is 10.9. The molecule has 0 aromatic heterocycles. The zero-order valence-electron chi connectivity index (χ0n) is 10.2. The summed E-state index contributed by atoms with van der Waals surface area (Å²) in [6.07, 6.45) is 2.05. The minimum absolute atomic E-state index is 0.173. The lowest BCUT2D eigenvalue weighted by atomic mass is 10.2. The van der Waals surface area contributed by atoms with Crippen LogP contribution in [0.1, 0.15) is 24.8 Å². The van der Waals surface area contributed by atoms with Gasteiger partial charge in [-0.05, 0) is 43.5 Å². The van der Waals surface area contributed by atoms with Crippen molar-refractivity contribution in [3.8, 4) is 5.75 Å². The summed E-state index contributed by atoms with van der Waals surface area (Å²) in [5.41, 5.74) is 1.02. The second-order valence-electron chi connectivity index (χ2n) is 3.79. The molecular formula is C13H17ClO3. The van der Waals surface area contributed by atoms with E-state index in [1.165, 1.54) is 7.11 Å². The number of halogens is 1. The van der Waals surface area contributed by atoms with Crippen LogP contribution < -0.4 is 4.74 Å². The van der Waals surface area contributed by atoms with Crippen molar-refractivity contribution < 1.29 is 14.3 Å². The van der Waals surface area contributed by atoms with Crippen molar-refractivity contribution in [2.24, 2.45) is 0 Å². The molecule has 0 aliphatic rings. The number of carbonyl (C=O) groups is 1. The molecule has 0 spiro atoms. The Kier molecular flexibility index (Phi) is 5.84. The summed E-state index contributed by atoms with van der Waals surface area (Å²) < 4.78 is 10.1. The Hall–Kier alpha value is -1.22. The van der Waals surface area contributed by atoms with Gasteiger partial charge in [0.05, 0.1) is 13.7 Å². The summed E-state index contributed by atoms with van der Waals surface area (Å²) >= 11 is 5.84. The maximum Gasteiger partial charge on any atom is 0.305 e. The van der Waals surface area contributed by atoms with Crippen LogP contribution in [0, 0.1) is 6.92 Å². The van der Waals surface area contributed by atoms with E-state index in [9.17, 15) is 4.79 Å². The van der Waals surface area contributed by atoms with Gasteiger partial charge in [0.25, 0.3) is 0 Å². The molecular weight excluding hydrogens is 240 g/mol. The lowest BCUT2D eigenvalue weighted by molar-refractivity contribution is -0.140. The Bertz CT molecular complexity index is 377. The fraction of sp³-hybridized carbons (Fsp3) is 0.462. The molecule has 0 bridgehead atoms. The topological polar surface area (TPSA) is 35.5 Å². The lowest BCUT2D eigenvalue weighted by Crippen LogP contribution is -2.03. The van der Waals surface area contributed by atoms with E-state index in [1.807, 2.05) is 19.1 Å². The molecule has 0 radical (unpaired) electrons. The molecule has 0 atom stereocenters. The Labute approximate surface area is 107 Å². The van der Waals surface area contributed by atoms with Gasteiger partial charge in [-0.2, -0.15) is 0 Å². The van der Waals surface area contributed by atoms with Crippen molar-refractivity contribution in [3.05, 3.63) is 28.8 Å². The zero-order valence-corrected chi connectivity index (χ0v) is 10.9. The van der Waals surface area contributed by atoms with Crippen LogP contribution in [-0.4, -0.2) is 19.7 Å². The third-order valence-electron chi connectivity index (χ3n) is 2.40. The lowest BCUT2D eigenvalue weighted by Gasteiger charge is -2.08. The average molecular weight is 257 g/mol. The zero-order chi connectivity index (χ0) is 12.7. The van der Waals surface area contributed by atoms with Crippen LogP contribution >= 0.6 is 11.6 Å². The number of benzene rings is 1. The minimum atomic E-state index is -0.173. The predicted molar refractivity (Wildman–Crippen MR) is 67.6 cm³/mol.